The Hall–Kier alpha value is -2.44. The van der Waals surface area contributed by atoms with Gasteiger partial charge in [0.1, 0.15) is 6.54 Å². The largest absolute Gasteiger partial charge is 0.421 e. The molecule has 0 aliphatic rings. The second kappa shape index (κ2) is 4.10. The molecule has 0 bridgehead atoms. The van der Waals surface area contributed by atoms with Crippen LogP contribution in [0.15, 0.2) is 32.1 Å². The van der Waals surface area contributed by atoms with Crippen molar-refractivity contribution in [1.82, 2.24) is 19.7 Å². The smallest absolute Gasteiger partial charge is 0.406 e. The zero-order valence-electron chi connectivity index (χ0n) is 9.66. The number of aryl methyl sites for hydroxylation is 1. The molecule has 18 heavy (non-hydrogen) atoms. The molecule has 0 fully saturated rings. The minimum atomic E-state index is -0.486. The Balaban J connectivity index is 2.04. The van der Waals surface area contributed by atoms with Gasteiger partial charge in [-0.3, -0.25) is 0 Å². The fourth-order valence-electron chi connectivity index (χ4n) is 1.67. The van der Waals surface area contributed by atoms with Crippen LogP contribution in [0.2, 0.25) is 0 Å². The first-order chi connectivity index (χ1) is 8.78. The predicted molar refractivity (Wildman–Crippen MR) is 61.0 cm³/mol. The molecule has 0 amide bonds. The summed E-state index contributed by atoms with van der Waals surface area (Å²) in [5.74, 6) is 0.487. The van der Waals surface area contributed by atoms with Crippen LogP contribution in [0.3, 0.4) is 0 Å². The number of fused-ring (bicyclic) bond motifs is 1. The third kappa shape index (κ3) is 1.69. The van der Waals surface area contributed by atoms with E-state index < -0.39 is 5.76 Å². The van der Waals surface area contributed by atoms with Gasteiger partial charge >= 0.3 is 5.76 Å². The molecule has 0 atom stereocenters. The van der Waals surface area contributed by atoms with Gasteiger partial charge in [0.05, 0.1) is 0 Å². The summed E-state index contributed by atoms with van der Waals surface area (Å²) < 4.78 is 11.5. The Morgan fingerprint density at radius 1 is 1.44 bits per heavy atom. The lowest BCUT2D eigenvalue weighted by Crippen LogP contribution is -2.15. The van der Waals surface area contributed by atoms with E-state index in [1.807, 2.05) is 6.92 Å². The van der Waals surface area contributed by atoms with Gasteiger partial charge in [0.25, 0.3) is 0 Å². The Bertz CT molecular complexity index is 740. The lowest BCUT2D eigenvalue weighted by molar-refractivity contribution is 0.362. The van der Waals surface area contributed by atoms with Crippen molar-refractivity contribution >= 4 is 11.2 Å². The van der Waals surface area contributed by atoms with E-state index in [0.29, 0.717) is 29.4 Å². The quantitative estimate of drug-likeness (QED) is 0.684. The van der Waals surface area contributed by atoms with Crippen molar-refractivity contribution in [3.8, 4) is 0 Å². The molecule has 0 aliphatic heterocycles. The molecule has 0 N–H and O–H groups in total. The van der Waals surface area contributed by atoms with Gasteiger partial charge in [-0.1, -0.05) is 12.1 Å². The van der Waals surface area contributed by atoms with E-state index in [-0.39, 0.29) is 6.54 Å². The van der Waals surface area contributed by atoms with Gasteiger partial charge in [-0.15, -0.1) is 0 Å². The third-order valence-electron chi connectivity index (χ3n) is 2.54. The highest BCUT2D eigenvalue weighted by Gasteiger charge is 2.13. The first-order valence-corrected chi connectivity index (χ1v) is 5.53. The maximum absolute atomic E-state index is 11.7. The lowest BCUT2D eigenvalue weighted by Gasteiger charge is -1.95. The van der Waals surface area contributed by atoms with E-state index >= 15 is 0 Å². The first-order valence-electron chi connectivity index (χ1n) is 5.53. The van der Waals surface area contributed by atoms with Crippen molar-refractivity contribution < 1.29 is 8.94 Å². The van der Waals surface area contributed by atoms with Crippen LogP contribution in [0.5, 0.6) is 0 Å². The van der Waals surface area contributed by atoms with Gasteiger partial charge in [-0.05, 0) is 12.1 Å². The Morgan fingerprint density at radius 2 is 2.33 bits per heavy atom. The van der Waals surface area contributed by atoms with Crippen LogP contribution >= 0.6 is 0 Å². The van der Waals surface area contributed by atoms with Crippen molar-refractivity contribution in [2.45, 2.75) is 19.9 Å². The van der Waals surface area contributed by atoms with E-state index in [9.17, 15) is 4.79 Å². The van der Waals surface area contributed by atoms with Gasteiger partial charge in [-0.2, -0.15) is 4.98 Å². The molecule has 3 aromatic rings. The van der Waals surface area contributed by atoms with Crippen molar-refractivity contribution in [2.24, 2.45) is 0 Å². The molecular weight excluding hydrogens is 236 g/mol. The fourth-order valence-corrected chi connectivity index (χ4v) is 1.67. The van der Waals surface area contributed by atoms with Crippen LogP contribution in [0.25, 0.3) is 11.2 Å². The van der Waals surface area contributed by atoms with Gasteiger partial charge < -0.3 is 8.94 Å². The molecule has 0 unspecified atom stereocenters. The fraction of sp³-hybridized carbons (Fsp3) is 0.273. The van der Waals surface area contributed by atoms with Crippen molar-refractivity contribution in [1.29, 1.82) is 0 Å². The number of oxazole rings is 1. The average Bonchev–Trinajstić information content (AvgIpc) is 2.96. The van der Waals surface area contributed by atoms with E-state index in [4.69, 9.17) is 8.94 Å². The van der Waals surface area contributed by atoms with Gasteiger partial charge in [-0.25, -0.2) is 14.3 Å². The summed E-state index contributed by atoms with van der Waals surface area (Å²) in [5.41, 5.74) is 0.913. The number of nitrogens with zero attached hydrogens (tertiary/aromatic N) is 4. The molecule has 0 saturated carbocycles. The molecule has 7 heteroatoms. The van der Waals surface area contributed by atoms with E-state index in [1.54, 1.807) is 18.3 Å². The number of hydrogen-bond acceptors (Lipinski definition) is 6. The summed E-state index contributed by atoms with van der Waals surface area (Å²) >= 11 is 0. The van der Waals surface area contributed by atoms with Crippen LogP contribution in [0, 0.1) is 0 Å². The van der Waals surface area contributed by atoms with Crippen LogP contribution in [0.1, 0.15) is 18.6 Å². The first kappa shape index (κ1) is 10.7. The summed E-state index contributed by atoms with van der Waals surface area (Å²) in [7, 11) is 0. The van der Waals surface area contributed by atoms with Gasteiger partial charge in [0, 0.05) is 12.6 Å². The highest BCUT2D eigenvalue weighted by Crippen LogP contribution is 2.10. The third-order valence-corrected chi connectivity index (χ3v) is 2.54. The summed E-state index contributed by atoms with van der Waals surface area (Å²) in [6.45, 7) is 2.09. The van der Waals surface area contributed by atoms with Crippen LogP contribution in [0.4, 0.5) is 0 Å². The summed E-state index contributed by atoms with van der Waals surface area (Å²) in [6.07, 6.45) is 2.28. The van der Waals surface area contributed by atoms with E-state index in [1.165, 1.54) is 4.57 Å². The minimum Gasteiger partial charge on any atom is -0.406 e. The monoisotopic (exact) mass is 246 g/mol. The van der Waals surface area contributed by atoms with Crippen LogP contribution < -0.4 is 5.76 Å². The zero-order chi connectivity index (χ0) is 12.5. The van der Waals surface area contributed by atoms with E-state index in [0.717, 1.165) is 0 Å². The molecule has 3 rings (SSSR count). The molecule has 0 saturated heterocycles. The molecular formula is C11H10N4O3. The maximum atomic E-state index is 11.7. The van der Waals surface area contributed by atoms with Crippen molar-refractivity contribution in [3.63, 3.8) is 0 Å². The maximum Gasteiger partial charge on any atom is 0.421 e. The van der Waals surface area contributed by atoms with Crippen LogP contribution in [-0.2, 0) is 13.0 Å². The molecule has 3 aromatic heterocycles. The van der Waals surface area contributed by atoms with E-state index in [2.05, 4.69) is 15.1 Å². The molecule has 0 aliphatic carbocycles. The Kier molecular flexibility index (Phi) is 2.44. The zero-order valence-corrected chi connectivity index (χ0v) is 9.66. The molecule has 0 radical (unpaired) electrons. The minimum absolute atomic E-state index is 0.163. The Morgan fingerprint density at radius 3 is 3.11 bits per heavy atom. The molecule has 3 heterocycles. The SMILES string of the molecule is CCc1noc(Cn2c(=O)oc3cccnc32)n1. The number of hydrogen-bond donors (Lipinski definition) is 0. The second-order valence-electron chi connectivity index (χ2n) is 3.74. The highest BCUT2D eigenvalue weighted by molar-refractivity contribution is 5.67. The van der Waals surface area contributed by atoms with Gasteiger partial charge in [0.15, 0.2) is 17.1 Å². The summed E-state index contributed by atoms with van der Waals surface area (Å²) in [5, 5.41) is 3.77. The average molecular weight is 246 g/mol. The Labute approximate surface area is 101 Å². The van der Waals surface area contributed by atoms with Crippen molar-refractivity contribution in [2.75, 3.05) is 0 Å². The molecule has 0 spiro atoms. The standard InChI is InChI=1S/C11H10N4O3/c1-2-8-13-9(18-14-8)6-15-10-7(17-11(15)16)4-3-5-12-10/h3-5H,2,6H2,1H3. The molecule has 7 nitrogen and oxygen atoms in total. The van der Waals surface area contributed by atoms with Crippen LogP contribution in [-0.4, -0.2) is 19.7 Å². The summed E-state index contributed by atoms with van der Waals surface area (Å²) in [4.78, 5) is 19.9. The molecule has 92 valence electrons. The molecule has 0 aromatic carbocycles. The number of pyridine rings is 1. The highest BCUT2D eigenvalue weighted by atomic mass is 16.5. The number of rotatable bonds is 3. The number of aromatic nitrogens is 4. The normalized spacial score (nSPS) is 11.2. The van der Waals surface area contributed by atoms with Crippen molar-refractivity contribution in [3.05, 3.63) is 40.6 Å². The topological polar surface area (TPSA) is 87.0 Å². The lowest BCUT2D eigenvalue weighted by atomic mass is 10.4. The summed E-state index contributed by atoms with van der Waals surface area (Å²) in [6, 6.07) is 3.39. The second-order valence-corrected chi connectivity index (χ2v) is 3.74. The predicted octanol–water partition coefficient (Wildman–Crippen LogP) is 0.983. The van der Waals surface area contributed by atoms with Gasteiger partial charge in [0.2, 0.25) is 5.89 Å².